The number of rotatable bonds is 29. The van der Waals surface area contributed by atoms with Crippen LogP contribution in [0.4, 0.5) is 0 Å². The van der Waals surface area contributed by atoms with Crippen LogP contribution in [0.5, 0.6) is 0 Å². The summed E-state index contributed by atoms with van der Waals surface area (Å²) in [6.45, 7) is 6.88. The summed E-state index contributed by atoms with van der Waals surface area (Å²) in [4.78, 5) is 5.27. The van der Waals surface area contributed by atoms with E-state index in [2.05, 4.69) is 66.4 Å². The number of unbranched alkanes of at least 4 members (excludes halogenated alkanes) is 23. The van der Waals surface area contributed by atoms with E-state index in [4.69, 9.17) is 0 Å². The largest absolute Gasteiger partial charge is 0.356 e. The van der Waals surface area contributed by atoms with Crippen molar-refractivity contribution in [1.29, 1.82) is 0 Å². The Kier molecular flexibility index (Phi) is 22.9. The third-order valence-corrected chi connectivity index (χ3v) is 9.26. The van der Waals surface area contributed by atoms with Crippen LogP contribution in [0.25, 0.3) is 0 Å². The number of hydrogen-bond acceptors (Lipinski definition) is 2. The first-order chi connectivity index (χ1) is 20.3. The molecular weight excluding hydrogens is 496 g/mol. The zero-order chi connectivity index (χ0) is 29.1. The van der Waals surface area contributed by atoms with Crippen molar-refractivity contribution >= 4 is 0 Å². The first-order valence-electron chi connectivity index (χ1n) is 18.6. The van der Waals surface area contributed by atoms with Gasteiger partial charge in [0, 0.05) is 25.5 Å². The average molecular weight is 567 g/mol. The van der Waals surface area contributed by atoms with Gasteiger partial charge in [-0.1, -0.05) is 192 Å². The number of nitrogens with zero attached hydrogens (tertiary/aromatic N) is 2. The van der Waals surface area contributed by atoms with Gasteiger partial charge in [-0.3, -0.25) is 0 Å². The van der Waals surface area contributed by atoms with Crippen LogP contribution in [0.2, 0.25) is 0 Å². The van der Waals surface area contributed by atoms with E-state index in [9.17, 15) is 0 Å². The molecule has 1 atom stereocenters. The third-order valence-electron chi connectivity index (χ3n) is 9.26. The van der Waals surface area contributed by atoms with Crippen molar-refractivity contribution in [3.63, 3.8) is 0 Å². The predicted molar refractivity (Wildman–Crippen MR) is 183 cm³/mol. The summed E-state index contributed by atoms with van der Waals surface area (Å²) in [5, 5.41) is 0. The molecule has 0 aliphatic carbocycles. The molecule has 0 aromatic heterocycles. The number of benzene rings is 1. The Morgan fingerprint density at radius 3 is 1.29 bits per heavy atom. The second-order valence-corrected chi connectivity index (χ2v) is 13.1. The van der Waals surface area contributed by atoms with Gasteiger partial charge in [0.25, 0.3) is 0 Å². The lowest BCUT2D eigenvalue weighted by Gasteiger charge is -2.33. The van der Waals surface area contributed by atoms with Crippen molar-refractivity contribution < 1.29 is 0 Å². The summed E-state index contributed by atoms with van der Waals surface area (Å²) >= 11 is 0. The van der Waals surface area contributed by atoms with Gasteiger partial charge in [-0.15, -0.1) is 0 Å². The molecule has 1 heterocycles. The van der Waals surface area contributed by atoms with Crippen molar-refractivity contribution in [1.82, 2.24) is 9.80 Å². The molecule has 0 radical (unpaired) electrons. The molecule has 0 saturated heterocycles. The molecule has 41 heavy (non-hydrogen) atoms. The molecule has 0 N–H and O–H groups in total. The standard InChI is InChI=1S/C39H70N2/c1-3-5-7-9-11-13-15-16-17-18-19-21-23-25-30-34-40-35-36-41(37-38-31-27-26-28-32-38)39(40)33-29-24-22-20-14-12-10-8-6-4-2/h26-28,31-32,35-36,39H,3-25,29-30,33-34,37H2,1-2H3. The van der Waals surface area contributed by atoms with E-state index in [1.807, 2.05) is 0 Å². The Morgan fingerprint density at radius 1 is 0.439 bits per heavy atom. The molecule has 0 fully saturated rings. The topological polar surface area (TPSA) is 6.48 Å². The molecule has 236 valence electrons. The average Bonchev–Trinajstić information content (AvgIpc) is 3.37. The fourth-order valence-electron chi connectivity index (χ4n) is 6.55. The molecule has 1 aromatic carbocycles. The van der Waals surface area contributed by atoms with Gasteiger partial charge in [-0.2, -0.15) is 0 Å². The summed E-state index contributed by atoms with van der Waals surface area (Å²) in [5.74, 6) is 0. The summed E-state index contributed by atoms with van der Waals surface area (Å²) < 4.78 is 0. The van der Waals surface area contributed by atoms with Gasteiger partial charge in [0.1, 0.15) is 6.17 Å². The van der Waals surface area contributed by atoms with Crippen LogP contribution in [0.3, 0.4) is 0 Å². The summed E-state index contributed by atoms with van der Waals surface area (Å²) in [7, 11) is 0. The van der Waals surface area contributed by atoms with E-state index in [-0.39, 0.29) is 0 Å². The fourth-order valence-corrected chi connectivity index (χ4v) is 6.55. The molecule has 0 amide bonds. The predicted octanol–water partition coefficient (Wildman–Crippen LogP) is 12.8. The lowest BCUT2D eigenvalue weighted by Crippen LogP contribution is -2.38. The Balaban J connectivity index is 1.55. The zero-order valence-corrected chi connectivity index (χ0v) is 27.8. The summed E-state index contributed by atoms with van der Waals surface area (Å²) in [6, 6.07) is 11.1. The van der Waals surface area contributed by atoms with E-state index in [1.54, 1.807) is 0 Å². The van der Waals surface area contributed by atoms with Crippen molar-refractivity contribution in [2.24, 2.45) is 0 Å². The van der Waals surface area contributed by atoms with Gasteiger partial charge >= 0.3 is 0 Å². The Hall–Kier alpha value is -1.44. The molecule has 2 heteroatoms. The molecule has 1 unspecified atom stereocenters. The van der Waals surface area contributed by atoms with Gasteiger partial charge in [-0.25, -0.2) is 0 Å². The van der Waals surface area contributed by atoms with Crippen molar-refractivity contribution in [3.05, 3.63) is 48.3 Å². The first kappa shape index (κ1) is 35.8. The Labute approximate surface area is 257 Å². The molecule has 2 rings (SSSR count). The van der Waals surface area contributed by atoms with E-state index in [1.165, 1.54) is 179 Å². The molecule has 1 aliphatic heterocycles. The van der Waals surface area contributed by atoms with Crippen LogP contribution in [-0.2, 0) is 6.54 Å². The molecule has 1 aliphatic rings. The van der Waals surface area contributed by atoms with Crippen LogP contribution < -0.4 is 0 Å². The van der Waals surface area contributed by atoms with Gasteiger partial charge in [0.05, 0.1) is 0 Å². The van der Waals surface area contributed by atoms with Crippen molar-refractivity contribution in [2.75, 3.05) is 6.54 Å². The Bertz CT molecular complexity index is 699. The van der Waals surface area contributed by atoms with Gasteiger partial charge < -0.3 is 9.80 Å². The smallest absolute Gasteiger partial charge is 0.101 e. The van der Waals surface area contributed by atoms with Crippen LogP contribution in [0.15, 0.2) is 42.7 Å². The summed E-state index contributed by atoms with van der Waals surface area (Å²) in [6.07, 6.45) is 42.4. The second kappa shape index (κ2) is 26.2. The monoisotopic (exact) mass is 567 g/mol. The lowest BCUT2D eigenvalue weighted by atomic mass is 10.0. The maximum Gasteiger partial charge on any atom is 0.101 e. The van der Waals surface area contributed by atoms with Crippen LogP contribution in [-0.4, -0.2) is 22.5 Å². The minimum absolute atomic E-state index is 0.552. The summed E-state index contributed by atoms with van der Waals surface area (Å²) in [5.41, 5.74) is 1.43. The van der Waals surface area contributed by atoms with Crippen molar-refractivity contribution in [2.45, 2.75) is 193 Å². The van der Waals surface area contributed by atoms with Crippen molar-refractivity contribution in [3.8, 4) is 0 Å². The third kappa shape index (κ3) is 18.7. The molecule has 0 bridgehead atoms. The van der Waals surface area contributed by atoms with E-state index >= 15 is 0 Å². The van der Waals surface area contributed by atoms with Crippen LogP contribution >= 0.6 is 0 Å². The zero-order valence-electron chi connectivity index (χ0n) is 27.8. The highest BCUT2D eigenvalue weighted by atomic mass is 15.4. The SMILES string of the molecule is CCCCCCCCCCCCCCCCCN1C=CN(Cc2ccccc2)C1CCCCCCCCCCCC. The molecule has 2 nitrogen and oxygen atoms in total. The van der Waals surface area contributed by atoms with Crippen LogP contribution in [0.1, 0.15) is 186 Å². The highest BCUT2D eigenvalue weighted by Gasteiger charge is 2.25. The molecular formula is C39H70N2. The second-order valence-electron chi connectivity index (χ2n) is 13.1. The quantitative estimate of drug-likeness (QED) is 0.0890. The molecule has 0 saturated carbocycles. The van der Waals surface area contributed by atoms with Gasteiger partial charge in [0.15, 0.2) is 0 Å². The fraction of sp³-hybridized carbons (Fsp3) is 0.795. The minimum Gasteiger partial charge on any atom is -0.356 e. The minimum atomic E-state index is 0.552. The van der Waals surface area contributed by atoms with E-state index < -0.39 is 0 Å². The maximum absolute atomic E-state index is 2.67. The normalized spacial score (nSPS) is 14.9. The number of hydrogen-bond donors (Lipinski definition) is 0. The van der Waals surface area contributed by atoms with E-state index in [0.29, 0.717) is 6.17 Å². The van der Waals surface area contributed by atoms with Gasteiger partial charge in [0.2, 0.25) is 0 Å². The Morgan fingerprint density at radius 2 is 0.829 bits per heavy atom. The maximum atomic E-state index is 2.67. The van der Waals surface area contributed by atoms with Gasteiger partial charge in [-0.05, 0) is 24.8 Å². The van der Waals surface area contributed by atoms with E-state index in [0.717, 1.165) is 6.54 Å². The van der Waals surface area contributed by atoms with Crippen LogP contribution in [0, 0.1) is 0 Å². The lowest BCUT2D eigenvalue weighted by molar-refractivity contribution is 0.132. The highest BCUT2D eigenvalue weighted by Crippen LogP contribution is 2.25. The molecule has 1 aromatic rings. The molecule has 0 spiro atoms. The first-order valence-corrected chi connectivity index (χ1v) is 18.6. The highest BCUT2D eigenvalue weighted by molar-refractivity contribution is 5.16.